The molecule has 7 aromatic carbocycles. The van der Waals surface area contributed by atoms with Gasteiger partial charge in [0.2, 0.25) is 0 Å². The zero-order chi connectivity index (χ0) is 33.3. The average Bonchev–Trinajstić information content (AvgIpc) is 3.21. The van der Waals surface area contributed by atoms with Crippen molar-refractivity contribution >= 4 is 22.5 Å². The fourth-order valence-electron chi connectivity index (χ4n) is 6.87. The second kappa shape index (κ2) is 12.8. The van der Waals surface area contributed by atoms with Crippen LogP contribution in [-0.2, 0) is 0 Å². The third kappa shape index (κ3) is 5.53. The highest BCUT2D eigenvalue weighted by molar-refractivity contribution is 6.04. The Kier molecular flexibility index (Phi) is 7.52. The van der Waals surface area contributed by atoms with Crippen LogP contribution in [0.5, 0.6) is 0 Å². The number of anilines is 1. The minimum absolute atomic E-state index is 0.645. The van der Waals surface area contributed by atoms with E-state index in [0.29, 0.717) is 17.5 Å². The van der Waals surface area contributed by atoms with Crippen LogP contribution in [0.2, 0.25) is 0 Å². The van der Waals surface area contributed by atoms with Crippen molar-refractivity contribution in [2.75, 3.05) is 11.9 Å². The Balaban J connectivity index is 1.12. The lowest BCUT2D eigenvalue weighted by atomic mass is 9.88. The van der Waals surface area contributed by atoms with Gasteiger partial charge < -0.3 is 5.32 Å². The molecule has 1 N–H and O–H groups in total. The fourth-order valence-corrected chi connectivity index (χ4v) is 6.87. The van der Waals surface area contributed by atoms with Gasteiger partial charge in [-0.05, 0) is 50.2 Å². The predicted molar refractivity (Wildman–Crippen MR) is 207 cm³/mol. The summed E-state index contributed by atoms with van der Waals surface area (Å²) in [4.78, 5) is 14.7. The first-order valence-corrected chi connectivity index (χ1v) is 16.9. The van der Waals surface area contributed by atoms with Gasteiger partial charge in [-0.2, -0.15) is 0 Å². The smallest absolute Gasteiger partial charge is 0.164 e. The summed E-state index contributed by atoms with van der Waals surface area (Å²) in [5, 5.41) is 5.93. The molecule has 9 rings (SSSR count). The highest BCUT2D eigenvalue weighted by Gasteiger charge is 2.16. The van der Waals surface area contributed by atoms with Crippen molar-refractivity contribution in [1.82, 2.24) is 15.0 Å². The quantitative estimate of drug-likeness (QED) is 0.196. The van der Waals surface area contributed by atoms with Gasteiger partial charge >= 0.3 is 0 Å². The number of nitrogens with zero attached hydrogens (tertiary/aromatic N) is 3. The van der Waals surface area contributed by atoms with Crippen LogP contribution in [0.25, 0.3) is 84.4 Å². The number of hydrogen-bond acceptors (Lipinski definition) is 4. The summed E-state index contributed by atoms with van der Waals surface area (Å²) in [6.45, 7) is 0.860. The highest BCUT2D eigenvalue weighted by atomic mass is 15.0. The molecule has 0 saturated carbocycles. The number of hydrogen-bond donors (Lipinski definition) is 1. The molecule has 236 valence electrons. The second-order valence-electron chi connectivity index (χ2n) is 12.5. The number of aromatic nitrogens is 3. The van der Waals surface area contributed by atoms with Crippen LogP contribution in [0.15, 0.2) is 170 Å². The topological polar surface area (TPSA) is 50.7 Å². The van der Waals surface area contributed by atoms with Crippen LogP contribution < -0.4 is 5.32 Å². The van der Waals surface area contributed by atoms with E-state index in [1.165, 1.54) is 49.8 Å². The summed E-state index contributed by atoms with van der Waals surface area (Å²) in [6.07, 6.45) is 4.41. The molecule has 0 saturated heterocycles. The lowest BCUT2D eigenvalue weighted by molar-refractivity contribution is 1.07. The van der Waals surface area contributed by atoms with Gasteiger partial charge in [0.25, 0.3) is 0 Å². The number of fused-ring (bicyclic) bond motifs is 2. The first-order chi connectivity index (χ1) is 24.8. The summed E-state index contributed by atoms with van der Waals surface area (Å²) in [5.74, 6) is 1.95. The van der Waals surface area contributed by atoms with Gasteiger partial charge in [-0.25, -0.2) is 15.0 Å². The Morgan fingerprint density at radius 3 is 1.60 bits per heavy atom. The van der Waals surface area contributed by atoms with E-state index in [-0.39, 0.29) is 0 Å². The second-order valence-corrected chi connectivity index (χ2v) is 12.5. The number of nitrogens with one attached hydrogen (secondary N) is 1. The SMILES string of the molecule is C1=Cc2c(cccc2-c2ccc(-c3c(-c4ccc(-c5nc(-c6ccccc6)nc(-c6ccccc6)n5)cc4)ccc4ccccc34)cc2)NC1. The van der Waals surface area contributed by atoms with Crippen molar-refractivity contribution in [3.05, 3.63) is 175 Å². The molecule has 2 heterocycles. The van der Waals surface area contributed by atoms with Crippen molar-refractivity contribution in [1.29, 1.82) is 0 Å². The first-order valence-electron chi connectivity index (χ1n) is 16.9. The summed E-state index contributed by atoms with van der Waals surface area (Å²) >= 11 is 0. The Morgan fingerprint density at radius 1 is 0.400 bits per heavy atom. The minimum atomic E-state index is 0.645. The van der Waals surface area contributed by atoms with Crippen molar-refractivity contribution in [2.24, 2.45) is 0 Å². The van der Waals surface area contributed by atoms with E-state index >= 15 is 0 Å². The Morgan fingerprint density at radius 2 is 0.940 bits per heavy atom. The fraction of sp³-hybridized carbons (Fsp3) is 0.0217. The normalized spacial score (nSPS) is 12.0. The van der Waals surface area contributed by atoms with E-state index in [4.69, 9.17) is 15.0 Å². The number of rotatable bonds is 6. The first kappa shape index (κ1) is 29.5. The lowest BCUT2D eigenvalue weighted by Crippen LogP contribution is -2.04. The standard InChI is InChI=1S/C46H32N4/c1-3-12-35(13-4-1)44-48-45(36-14-5-2-6-15-36)50-46(49-44)37-26-22-33(23-27-37)40-29-28-31-11-7-8-16-39(31)43(40)34-24-20-32(21-25-34)38-17-9-19-42-41(38)18-10-30-47-42/h1-29,47H,30H2. The average molecular weight is 641 g/mol. The van der Waals surface area contributed by atoms with Crippen LogP contribution >= 0.6 is 0 Å². The van der Waals surface area contributed by atoms with E-state index in [1.807, 2.05) is 60.7 Å². The molecular weight excluding hydrogens is 609 g/mol. The van der Waals surface area contributed by atoms with Crippen LogP contribution in [0.1, 0.15) is 5.56 Å². The molecule has 8 aromatic rings. The van der Waals surface area contributed by atoms with Gasteiger partial charge in [-0.3, -0.25) is 0 Å². The van der Waals surface area contributed by atoms with Crippen molar-refractivity contribution in [3.63, 3.8) is 0 Å². The minimum Gasteiger partial charge on any atom is -0.381 e. The van der Waals surface area contributed by atoms with Crippen LogP contribution in [0.3, 0.4) is 0 Å². The summed E-state index contributed by atoms with van der Waals surface area (Å²) < 4.78 is 0. The molecule has 1 aromatic heterocycles. The molecule has 0 bridgehead atoms. The van der Waals surface area contributed by atoms with E-state index in [0.717, 1.165) is 28.8 Å². The molecule has 0 radical (unpaired) electrons. The Bertz CT molecular complexity index is 2450. The molecular formula is C46H32N4. The van der Waals surface area contributed by atoms with Crippen molar-refractivity contribution in [2.45, 2.75) is 0 Å². The Hall–Kier alpha value is -6.65. The zero-order valence-electron chi connectivity index (χ0n) is 27.3. The summed E-state index contributed by atoms with van der Waals surface area (Å²) in [7, 11) is 0. The molecule has 0 fully saturated rings. The van der Waals surface area contributed by atoms with Gasteiger partial charge in [0.05, 0.1) is 0 Å². The molecule has 50 heavy (non-hydrogen) atoms. The van der Waals surface area contributed by atoms with Crippen LogP contribution in [0, 0.1) is 0 Å². The third-order valence-corrected chi connectivity index (χ3v) is 9.37. The molecule has 0 aliphatic carbocycles. The monoisotopic (exact) mass is 640 g/mol. The van der Waals surface area contributed by atoms with Gasteiger partial charge in [0, 0.05) is 34.5 Å². The third-order valence-electron chi connectivity index (χ3n) is 9.37. The maximum atomic E-state index is 4.94. The lowest BCUT2D eigenvalue weighted by Gasteiger charge is -2.18. The molecule has 0 atom stereocenters. The van der Waals surface area contributed by atoms with Gasteiger partial charge in [-0.15, -0.1) is 0 Å². The summed E-state index contributed by atoms with van der Waals surface area (Å²) in [6, 6.07) is 57.4. The largest absolute Gasteiger partial charge is 0.381 e. The number of benzene rings is 7. The Labute approximate surface area is 291 Å². The van der Waals surface area contributed by atoms with Crippen LogP contribution in [0.4, 0.5) is 5.69 Å². The predicted octanol–water partition coefficient (Wildman–Crippen LogP) is 11.5. The van der Waals surface area contributed by atoms with Gasteiger partial charge in [0.15, 0.2) is 17.5 Å². The van der Waals surface area contributed by atoms with Crippen molar-refractivity contribution in [3.8, 4) is 67.5 Å². The maximum Gasteiger partial charge on any atom is 0.164 e. The molecule has 0 unspecified atom stereocenters. The van der Waals surface area contributed by atoms with Gasteiger partial charge in [0.1, 0.15) is 0 Å². The van der Waals surface area contributed by atoms with E-state index < -0.39 is 0 Å². The molecule has 4 heteroatoms. The summed E-state index contributed by atoms with van der Waals surface area (Å²) in [5.41, 5.74) is 12.4. The van der Waals surface area contributed by atoms with E-state index in [1.54, 1.807) is 0 Å². The van der Waals surface area contributed by atoms with E-state index in [2.05, 4.69) is 121 Å². The molecule has 1 aliphatic heterocycles. The molecule has 1 aliphatic rings. The van der Waals surface area contributed by atoms with Gasteiger partial charge in [-0.1, -0.05) is 170 Å². The molecule has 4 nitrogen and oxygen atoms in total. The molecule has 0 spiro atoms. The highest BCUT2D eigenvalue weighted by Crippen LogP contribution is 2.40. The van der Waals surface area contributed by atoms with Crippen LogP contribution in [-0.4, -0.2) is 21.5 Å². The molecule has 0 amide bonds. The maximum absolute atomic E-state index is 4.94. The van der Waals surface area contributed by atoms with E-state index in [9.17, 15) is 0 Å². The zero-order valence-corrected chi connectivity index (χ0v) is 27.3. The van der Waals surface area contributed by atoms with Crippen molar-refractivity contribution < 1.29 is 0 Å².